The third-order valence-electron chi connectivity index (χ3n) is 2.55. The summed E-state index contributed by atoms with van der Waals surface area (Å²) in [5.41, 5.74) is 0. The van der Waals surface area contributed by atoms with E-state index in [4.69, 9.17) is 14.2 Å². The van der Waals surface area contributed by atoms with Crippen LogP contribution in [0.3, 0.4) is 0 Å². The first-order valence-electron chi connectivity index (χ1n) is 6.23. The fourth-order valence-electron chi connectivity index (χ4n) is 1.66. The highest BCUT2D eigenvalue weighted by Gasteiger charge is 2.03. The molecule has 0 heterocycles. The van der Waals surface area contributed by atoms with Gasteiger partial charge in [0.2, 0.25) is 0 Å². The summed E-state index contributed by atoms with van der Waals surface area (Å²) in [4.78, 5) is 0. The fourth-order valence-corrected chi connectivity index (χ4v) is 1.66. The van der Waals surface area contributed by atoms with Crippen LogP contribution in [0.1, 0.15) is 6.92 Å². The van der Waals surface area contributed by atoms with Crippen molar-refractivity contribution >= 4 is 0 Å². The van der Waals surface area contributed by atoms with Crippen LogP contribution in [0.4, 0.5) is 0 Å². The van der Waals surface area contributed by atoms with Gasteiger partial charge in [0, 0.05) is 26.8 Å². The van der Waals surface area contributed by atoms with Crippen LogP contribution < -0.4 is 14.8 Å². The van der Waals surface area contributed by atoms with Gasteiger partial charge in [0.05, 0.1) is 7.11 Å². The molecule has 1 aromatic carbocycles. The predicted octanol–water partition coefficient (Wildman–Crippen LogP) is 1.95. The van der Waals surface area contributed by atoms with E-state index in [9.17, 15) is 0 Å². The molecule has 0 aromatic heterocycles. The first kappa shape index (κ1) is 14.8. The van der Waals surface area contributed by atoms with Crippen molar-refractivity contribution in [2.75, 3.05) is 40.5 Å². The summed E-state index contributed by atoms with van der Waals surface area (Å²) < 4.78 is 15.9. The molecule has 0 saturated heterocycles. The number of hydrogen-bond acceptors (Lipinski definition) is 4. The molecule has 1 unspecified atom stereocenters. The van der Waals surface area contributed by atoms with Gasteiger partial charge >= 0.3 is 0 Å². The number of nitrogens with one attached hydrogen (secondary N) is 1. The zero-order valence-electron chi connectivity index (χ0n) is 11.4. The smallest absolute Gasteiger partial charge is 0.161 e. The molecule has 1 aromatic rings. The Morgan fingerprint density at radius 2 is 1.89 bits per heavy atom. The lowest BCUT2D eigenvalue weighted by Gasteiger charge is -2.13. The lowest BCUT2D eigenvalue weighted by atomic mass is 10.2. The van der Waals surface area contributed by atoms with E-state index in [2.05, 4.69) is 12.2 Å². The number of benzene rings is 1. The molecule has 4 nitrogen and oxygen atoms in total. The molecule has 0 radical (unpaired) electrons. The Labute approximate surface area is 109 Å². The second-order valence-electron chi connectivity index (χ2n) is 4.26. The maximum Gasteiger partial charge on any atom is 0.161 e. The zero-order valence-corrected chi connectivity index (χ0v) is 11.4. The molecule has 0 aliphatic heterocycles. The molecule has 0 saturated carbocycles. The van der Waals surface area contributed by atoms with Crippen LogP contribution in [-0.4, -0.2) is 40.5 Å². The van der Waals surface area contributed by atoms with Crippen LogP contribution in [0.5, 0.6) is 11.5 Å². The molecule has 0 bridgehead atoms. The van der Waals surface area contributed by atoms with Crippen LogP contribution in [0, 0.1) is 5.92 Å². The Hall–Kier alpha value is -1.26. The zero-order chi connectivity index (χ0) is 13.2. The predicted molar refractivity (Wildman–Crippen MR) is 72.4 cm³/mol. The van der Waals surface area contributed by atoms with Crippen LogP contribution in [-0.2, 0) is 4.74 Å². The van der Waals surface area contributed by atoms with Gasteiger partial charge in [-0.15, -0.1) is 0 Å². The second kappa shape index (κ2) is 8.78. The maximum atomic E-state index is 5.65. The van der Waals surface area contributed by atoms with E-state index in [1.54, 1.807) is 14.2 Å². The summed E-state index contributed by atoms with van der Waals surface area (Å²) >= 11 is 0. The third-order valence-corrected chi connectivity index (χ3v) is 2.55. The van der Waals surface area contributed by atoms with Gasteiger partial charge in [-0.25, -0.2) is 0 Å². The number of methoxy groups -OCH3 is 2. The topological polar surface area (TPSA) is 39.7 Å². The number of hydrogen-bond donors (Lipinski definition) is 1. The van der Waals surface area contributed by atoms with Crippen molar-refractivity contribution in [1.29, 1.82) is 0 Å². The molecule has 1 N–H and O–H groups in total. The molecule has 4 heteroatoms. The number of para-hydroxylation sites is 2. The molecule has 0 spiro atoms. The molecular formula is C14H23NO3. The van der Waals surface area contributed by atoms with Crippen LogP contribution in [0.25, 0.3) is 0 Å². The van der Waals surface area contributed by atoms with E-state index in [1.807, 2.05) is 24.3 Å². The highest BCUT2D eigenvalue weighted by atomic mass is 16.5. The summed E-state index contributed by atoms with van der Waals surface area (Å²) in [6.07, 6.45) is 0. The number of ether oxygens (including phenoxy) is 3. The summed E-state index contributed by atoms with van der Waals surface area (Å²) in [6, 6.07) is 7.66. The Bertz CT molecular complexity index is 331. The summed E-state index contributed by atoms with van der Waals surface area (Å²) in [6.45, 7) is 5.30. The van der Waals surface area contributed by atoms with Crippen molar-refractivity contribution < 1.29 is 14.2 Å². The highest BCUT2D eigenvalue weighted by Crippen LogP contribution is 2.25. The molecule has 102 valence electrons. The van der Waals surface area contributed by atoms with E-state index < -0.39 is 0 Å². The van der Waals surface area contributed by atoms with Gasteiger partial charge in [-0.05, 0) is 18.1 Å². The van der Waals surface area contributed by atoms with Crippen molar-refractivity contribution in [3.8, 4) is 11.5 Å². The minimum Gasteiger partial charge on any atom is -0.493 e. The minimum absolute atomic E-state index is 0.515. The van der Waals surface area contributed by atoms with Crippen molar-refractivity contribution in [3.63, 3.8) is 0 Å². The van der Waals surface area contributed by atoms with Crippen molar-refractivity contribution in [2.45, 2.75) is 6.92 Å². The fraction of sp³-hybridized carbons (Fsp3) is 0.571. The normalized spacial score (nSPS) is 12.2. The van der Waals surface area contributed by atoms with E-state index in [1.165, 1.54) is 0 Å². The first-order chi connectivity index (χ1) is 8.77. The van der Waals surface area contributed by atoms with Gasteiger partial charge in [0.1, 0.15) is 6.61 Å². The Kier molecular flexibility index (Phi) is 7.22. The molecular weight excluding hydrogens is 230 g/mol. The van der Waals surface area contributed by atoms with Gasteiger partial charge in [0.15, 0.2) is 11.5 Å². The largest absolute Gasteiger partial charge is 0.493 e. The van der Waals surface area contributed by atoms with E-state index in [0.717, 1.165) is 31.2 Å². The van der Waals surface area contributed by atoms with Crippen molar-refractivity contribution in [1.82, 2.24) is 5.32 Å². The molecule has 1 atom stereocenters. The molecule has 18 heavy (non-hydrogen) atoms. The standard InChI is InChI=1S/C14H23NO3/c1-12(11-16-2)10-15-8-9-18-14-7-5-4-6-13(14)17-3/h4-7,12,15H,8-11H2,1-3H3. The average molecular weight is 253 g/mol. The van der Waals surface area contributed by atoms with E-state index in [-0.39, 0.29) is 0 Å². The summed E-state index contributed by atoms with van der Waals surface area (Å²) in [7, 11) is 3.37. The SMILES string of the molecule is COCC(C)CNCCOc1ccccc1OC. The molecule has 0 fully saturated rings. The second-order valence-corrected chi connectivity index (χ2v) is 4.26. The number of rotatable bonds is 9. The maximum absolute atomic E-state index is 5.65. The Morgan fingerprint density at radius 3 is 2.56 bits per heavy atom. The van der Waals surface area contributed by atoms with E-state index in [0.29, 0.717) is 12.5 Å². The van der Waals surface area contributed by atoms with E-state index >= 15 is 0 Å². The summed E-state index contributed by atoms with van der Waals surface area (Å²) in [5, 5.41) is 3.33. The monoisotopic (exact) mass is 253 g/mol. The van der Waals surface area contributed by atoms with Gasteiger partial charge in [0.25, 0.3) is 0 Å². The lowest BCUT2D eigenvalue weighted by molar-refractivity contribution is 0.157. The lowest BCUT2D eigenvalue weighted by Crippen LogP contribution is -2.27. The molecule has 0 aliphatic carbocycles. The Morgan fingerprint density at radius 1 is 1.17 bits per heavy atom. The van der Waals surface area contributed by atoms with Crippen molar-refractivity contribution in [2.24, 2.45) is 5.92 Å². The van der Waals surface area contributed by atoms with Crippen LogP contribution in [0.15, 0.2) is 24.3 Å². The minimum atomic E-state index is 0.515. The average Bonchev–Trinajstić information content (AvgIpc) is 2.39. The molecule has 0 aliphatic rings. The van der Waals surface area contributed by atoms with Gasteiger partial charge < -0.3 is 19.5 Å². The molecule has 1 rings (SSSR count). The van der Waals surface area contributed by atoms with Gasteiger partial charge in [-0.3, -0.25) is 0 Å². The van der Waals surface area contributed by atoms with Gasteiger partial charge in [-0.1, -0.05) is 19.1 Å². The van der Waals surface area contributed by atoms with Crippen LogP contribution >= 0.6 is 0 Å². The summed E-state index contributed by atoms with van der Waals surface area (Å²) in [5.74, 6) is 2.07. The van der Waals surface area contributed by atoms with Gasteiger partial charge in [-0.2, -0.15) is 0 Å². The quantitative estimate of drug-likeness (QED) is 0.683. The first-order valence-corrected chi connectivity index (χ1v) is 6.23. The van der Waals surface area contributed by atoms with Crippen LogP contribution in [0.2, 0.25) is 0 Å². The molecule has 0 amide bonds. The highest BCUT2D eigenvalue weighted by molar-refractivity contribution is 5.39. The third kappa shape index (κ3) is 5.38. The Balaban J connectivity index is 2.17. The van der Waals surface area contributed by atoms with Crippen molar-refractivity contribution in [3.05, 3.63) is 24.3 Å².